The molecule has 2 aliphatic heterocycles. The van der Waals surface area contributed by atoms with Crippen molar-refractivity contribution in [1.82, 2.24) is 15.3 Å². The third-order valence-corrected chi connectivity index (χ3v) is 5.37. The van der Waals surface area contributed by atoms with Crippen LogP contribution in [0.4, 0.5) is 5.69 Å². The van der Waals surface area contributed by atoms with Crippen LogP contribution in [0.2, 0.25) is 0 Å². The smallest absolute Gasteiger partial charge is 0.251 e. The second-order valence-electron chi connectivity index (χ2n) is 7.36. The summed E-state index contributed by atoms with van der Waals surface area (Å²) in [6.07, 6.45) is 4.05. The first-order valence-electron chi connectivity index (χ1n) is 10.3. The zero-order valence-electron chi connectivity index (χ0n) is 17.6. The molecule has 0 radical (unpaired) electrons. The number of anilines is 1. The molecule has 31 heavy (non-hydrogen) atoms. The van der Waals surface area contributed by atoms with Gasteiger partial charge in [0.1, 0.15) is 24.1 Å². The second kappa shape index (κ2) is 9.09. The lowest BCUT2D eigenvalue weighted by atomic mass is 10.0. The van der Waals surface area contributed by atoms with Crippen LogP contribution in [0.5, 0.6) is 11.5 Å². The second-order valence-corrected chi connectivity index (χ2v) is 7.36. The Morgan fingerprint density at radius 1 is 1.16 bits per heavy atom. The first-order valence-corrected chi connectivity index (χ1v) is 10.3. The minimum atomic E-state index is -0.361. The molecule has 2 heterocycles. The summed E-state index contributed by atoms with van der Waals surface area (Å²) in [5, 5.41) is 4.65. The van der Waals surface area contributed by atoms with Gasteiger partial charge in [0.15, 0.2) is 0 Å². The number of carbonyl (C=O) groups excluding carboxylic acids is 2. The predicted molar refractivity (Wildman–Crippen MR) is 116 cm³/mol. The quantitative estimate of drug-likeness (QED) is 0.714. The lowest BCUT2D eigenvalue weighted by Gasteiger charge is -2.31. The van der Waals surface area contributed by atoms with Crippen molar-refractivity contribution >= 4 is 17.5 Å². The Labute approximate surface area is 181 Å². The van der Waals surface area contributed by atoms with Gasteiger partial charge in [0.05, 0.1) is 25.4 Å². The van der Waals surface area contributed by atoms with Crippen LogP contribution >= 0.6 is 0 Å². The summed E-state index contributed by atoms with van der Waals surface area (Å²) in [5.41, 5.74) is 5.02. The molecule has 1 saturated heterocycles. The van der Waals surface area contributed by atoms with E-state index in [0.717, 1.165) is 11.3 Å². The number of hydrazine groups is 1. The van der Waals surface area contributed by atoms with Gasteiger partial charge in [-0.2, -0.15) is 0 Å². The molecule has 2 unspecified atom stereocenters. The van der Waals surface area contributed by atoms with Crippen LogP contribution in [-0.4, -0.2) is 48.0 Å². The van der Waals surface area contributed by atoms with Gasteiger partial charge in [-0.15, -0.1) is 0 Å². The van der Waals surface area contributed by atoms with Crippen molar-refractivity contribution in [2.75, 3.05) is 25.6 Å². The number of hydrogen-bond donors (Lipinski definition) is 2. The maximum atomic E-state index is 13.0. The summed E-state index contributed by atoms with van der Waals surface area (Å²) in [6, 6.07) is 14.7. The number of fused-ring (bicyclic) bond motifs is 1. The first kappa shape index (κ1) is 20.7. The van der Waals surface area contributed by atoms with E-state index < -0.39 is 0 Å². The van der Waals surface area contributed by atoms with Gasteiger partial charge in [-0.3, -0.25) is 9.59 Å². The van der Waals surface area contributed by atoms with Crippen molar-refractivity contribution in [2.24, 2.45) is 0 Å². The van der Waals surface area contributed by atoms with E-state index in [0.29, 0.717) is 24.5 Å². The van der Waals surface area contributed by atoms with Crippen molar-refractivity contribution < 1.29 is 19.1 Å². The Bertz CT molecular complexity index is 976. The summed E-state index contributed by atoms with van der Waals surface area (Å²) >= 11 is 0. The topological polar surface area (TPSA) is 83.1 Å². The molecular formula is C23H26N4O4. The first-order chi connectivity index (χ1) is 15.1. The maximum absolute atomic E-state index is 13.0. The molecule has 0 aromatic heterocycles. The molecule has 4 rings (SSSR count). The number of rotatable bonds is 7. The van der Waals surface area contributed by atoms with Crippen LogP contribution in [-0.2, 0) is 9.59 Å². The Morgan fingerprint density at radius 3 is 2.68 bits per heavy atom. The van der Waals surface area contributed by atoms with Gasteiger partial charge in [0, 0.05) is 12.4 Å². The van der Waals surface area contributed by atoms with Crippen LogP contribution in [0.25, 0.3) is 0 Å². The fourth-order valence-corrected chi connectivity index (χ4v) is 3.82. The van der Waals surface area contributed by atoms with Crippen molar-refractivity contribution in [3.05, 3.63) is 66.5 Å². The number of hydrogen-bond acceptors (Lipinski definition) is 6. The third-order valence-electron chi connectivity index (χ3n) is 5.37. The van der Waals surface area contributed by atoms with Crippen molar-refractivity contribution in [2.45, 2.75) is 25.4 Å². The highest BCUT2D eigenvalue weighted by Gasteiger charge is 2.40. The van der Waals surface area contributed by atoms with Crippen LogP contribution < -0.4 is 20.2 Å². The molecule has 2 N–H and O–H groups in total. The Balaban J connectivity index is 1.38. The number of methoxy groups -OCH3 is 1. The average molecular weight is 422 g/mol. The molecule has 1 fully saturated rings. The van der Waals surface area contributed by atoms with Gasteiger partial charge in [-0.25, -0.2) is 5.43 Å². The molecule has 162 valence electrons. The van der Waals surface area contributed by atoms with E-state index >= 15 is 0 Å². The minimum Gasteiger partial charge on any atom is -0.497 e. The highest BCUT2D eigenvalue weighted by atomic mass is 16.5. The predicted octanol–water partition coefficient (Wildman–Crippen LogP) is 2.67. The minimum absolute atomic E-state index is 0.0105. The molecule has 0 spiro atoms. The molecule has 2 atom stereocenters. The van der Waals surface area contributed by atoms with E-state index in [2.05, 4.69) is 10.7 Å². The monoisotopic (exact) mass is 422 g/mol. The van der Waals surface area contributed by atoms with E-state index in [9.17, 15) is 9.59 Å². The average Bonchev–Trinajstić information content (AvgIpc) is 3.22. The van der Waals surface area contributed by atoms with Gasteiger partial charge in [0.2, 0.25) is 5.91 Å². The van der Waals surface area contributed by atoms with E-state index in [4.69, 9.17) is 9.47 Å². The number of carbonyl (C=O) groups is 2. The highest BCUT2D eigenvalue weighted by molar-refractivity contribution is 5.97. The summed E-state index contributed by atoms with van der Waals surface area (Å²) in [4.78, 5) is 27.1. The van der Waals surface area contributed by atoms with Crippen LogP contribution in [0.1, 0.15) is 24.9 Å². The molecular weight excluding hydrogens is 396 g/mol. The number of nitrogens with zero attached hydrogens (tertiary/aromatic N) is 2. The Hall–Kier alpha value is -3.52. The molecule has 2 aliphatic rings. The lowest BCUT2D eigenvalue weighted by molar-refractivity contribution is -0.137. The van der Waals surface area contributed by atoms with Gasteiger partial charge in [-0.05, 0) is 43.2 Å². The van der Waals surface area contributed by atoms with Gasteiger partial charge in [-0.1, -0.05) is 24.3 Å². The van der Waals surface area contributed by atoms with Crippen molar-refractivity contribution in [1.29, 1.82) is 0 Å². The van der Waals surface area contributed by atoms with Crippen LogP contribution in [0.15, 0.2) is 60.9 Å². The number of ether oxygens (including phenoxy) is 2. The largest absolute Gasteiger partial charge is 0.497 e. The van der Waals surface area contributed by atoms with Crippen LogP contribution in [0, 0.1) is 0 Å². The molecule has 0 aliphatic carbocycles. The summed E-state index contributed by atoms with van der Waals surface area (Å²) in [5.74, 6) is 1.00. The number of para-hydroxylation sites is 2. The van der Waals surface area contributed by atoms with Crippen molar-refractivity contribution in [3.63, 3.8) is 0 Å². The molecule has 8 nitrogen and oxygen atoms in total. The zero-order chi connectivity index (χ0) is 21.8. The summed E-state index contributed by atoms with van der Waals surface area (Å²) < 4.78 is 10.8. The van der Waals surface area contributed by atoms with Gasteiger partial charge in [0.25, 0.3) is 5.91 Å². The van der Waals surface area contributed by atoms with E-state index in [1.807, 2.05) is 48.3 Å². The number of benzene rings is 2. The molecule has 0 saturated carbocycles. The molecule has 2 aromatic carbocycles. The third kappa shape index (κ3) is 4.49. The molecule has 2 amide bonds. The Morgan fingerprint density at radius 2 is 1.94 bits per heavy atom. The summed E-state index contributed by atoms with van der Waals surface area (Å²) in [7, 11) is 1.63. The molecule has 0 bridgehead atoms. The lowest BCUT2D eigenvalue weighted by Crippen LogP contribution is -2.49. The fourth-order valence-electron chi connectivity index (χ4n) is 3.82. The fraction of sp³-hybridized carbons (Fsp3) is 0.304. The van der Waals surface area contributed by atoms with E-state index in [-0.39, 0.29) is 30.4 Å². The van der Waals surface area contributed by atoms with E-state index in [1.54, 1.807) is 31.6 Å². The van der Waals surface area contributed by atoms with Gasteiger partial charge >= 0.3 is 0 Å². The van der Waals surface area contributed by atoms with Crippen molar-refractivity contribution in [3.8, 4) is 11.5 Å². The molecule has 2 aromatic rings. The van der Waals surface area contributed by atoms with E-state index in [1.165, 1.54) is 4.90 Å². The normalized spacial score (nSPS) is 19.9. The standard InChI is InChI=1S/C23H26N4O4/c1-3-31-21-7-5-4-6-18(21)24-22(28)15-26-12-13-27-20(23(26)29)14-19(25-27)16-8-10-17(30-2)11-9-16/h4-13,19-20,25H,3,14-15H2,1-2H3,(H,24,28). The zero-order valence-corrected chi connectivity index (χ0v) is 17.6. The van der Waals surface area contributed by atoms with Gasteiger partial charge < -0.3 is 24.7 Å². The molecule has 8 heteroatoms. The number of nitrogens with one attached hydrogen (secondary N) is 2. The Kier molecular flexibility index (Phi) is 6.08. The number of amides is 2. The maximum Gasteiger partial charge on any atom is 0.251 e. The van der Waals surface area contributed by atoms with Crippen LogP contribution in [0.3, 0.4) is 0 Å². The SMILES string of the molecule is CCOc1ccccc1NC(=O)CN1C=CN2NC(c3ccc(OC)cc3)CC2C1=O. The highest BCUT2D eigenvalue weighted by Crippen LogP contribution is 2.31. The summed E-state index contributed by atoms with van der Waals surface area (Å²) in [6.45, 7) is 2.32.